The second kappa shape index (κ2) is 5.31. The van der Waals surface area contributed by atoms with Gasteiger partial charge < -0.3 is 0 Å². The molecular weight excluding hydrogens is 254 g/mol. The maximum absolute atomic E-state index is 11.8. The van der Waals surface area contributed by atoms with Crippen LogP contribution in [-0.4, -0.2) is 15.2 Å². The van der Waals surface area contributed by atoms with Gasteiger partial charge in [0, 0.05) is 6.20 Å². The number of benzene rings is 1. The molecule has 20 heavy (non-hydrogen) atoms. The minimum atomic E-state index is -0.328. The summed E-state index contributed by atoms with van der Waals surface area (Å²) in [5.74, 6) is 0. The first-order valence-corrected chi connectivity index (χ1v) is 6.03. The van der Waals surface area contributed by atoms with Crippen LogP contribution in [0.25, 0.3) is 11.4 Å². The smallest absolute Gasteiger partial charge is 0.292 e. The molecular formula is C14H11N5O. The minimum Gasteiger partial charge on any atom is -0.294 e. The molecule has 1 aromatic carbocycles. The zero-order valence-electron chi connectivity index (χ0n) is 10.4. The highest BCUT2D eigenvalue weighted by molar-refractivity contribution is 5.67. The van der Waals surface area contributed by atoms with Gasteiger partial charge in [-0.2, -0.15) is 5.11 Å². The van der Waals surface area contributed by atoms with Gasteiger partial charge in [0.15, 0.2) is 5.69 Å². The fraction of sp³-hybridized carbons (Fsp3) is 0. The quantitative estimate of drug-likeness (QED) is 0.712. The van der Waals surface area contributed by atoms with E-state index in [1.165, 1.54) is 0 Å². The Morgan fingerprint density at radius 3 is 2.45 bits per heavy atom. The number of H-pyrrole nitrogens is 2. The van der Waals surface area contributed by atoms with Crippen LogP contribution in [0.2, 0.25) is 0 Å². The Bertz CT molecular complexity index is 774. The molecule has 0 saturated carbocycles. The van der Waals surface area contributed by atoms with E-state index in [1.807, 2.05) is 36.4 Å². The van der Waals surface area contributed by atoms with Gasteiger partial charge in [-0.1, -0.05) is 24.3 Å². The fourth-order valence-electron chi connectivity index (χ4n) is 1.74. The second-order valence-electron chi connectivity index (χ2n) is 4.05. The van der Waals surface area contributed by atoms with Gasteiger partial charge in [0.1, 0.15) is 5.69 Å². The Labute approximate surface area is 114 Å². The normalized spacial score (nSPS) is 11.0. The minimum absolute atomic E-state index is 0.215. The van der Waals surface area contributed by atoms with Crippen LogP contribution in [0.4, 0.5) is 11.4 Å². The largest absolute Gasteiger partial charge is 0.294 e. The summed E-state index contributed by atoms with van der Waals surface area (Å²) in [6.45, 7) is 0. The van der Waals surface area contributed by atoms with E-state index in [2.05, 4.69) is 25.4 Å². The van der Waals surface area contributed by atoms with E-state index in [0.717, 1.165) is 0 Å². The highest BCUT2D eigenvalue weighted by atomic mass is 16.1. The number of rotatable bonds is 3. The molecule has 0 unspecified atom stereocenters. The Morgan fingerprint density at radius 2 is 1.70 bits per heavy atom. The summed E-state index contributed by atoms with van der Waals surface area (Å²) >= 11 is 0. The van der Waals surface area contributed by atoms with Gasteiger partial charge in [0.2, 0.25) is 0 Å². The van der Waals surface area contributed by atoms with Crippen LogP contribution in [0.5, 0.6) is 0 Å². The van der Waals surface area contributed by atoms with Gasteiger partial charge in [-0.25, -0.2) is 0 Å². The average molecular weight is 265 g/mol. The number of nitrogens with one attached hydrogen (secondary N) is 2. The Balaban J connectivity index is 2.01. The predicted molar refractivity (Wildman–Crippen MR) is 75.3 cm³/mol. The third-order valence-electron chi connectivity index (χ3n) is 2.70. The van der Waals surface area contributed by atoms with Crippen LogP contribution in [0.15, 0.2) is 69.8 Å². The van der Waals surface area contributed by atoms with Gasteiger partial charge in [0.25, 0.3) is 5.56 Å². The van der Waals surface area contributed by atoms with E-state index < -0.39 is 0 Å². The molecule has 6 heteroatoms. The number of hydrogen-bond acceptors (Lipinski definition) is 4. The van der Waals surface area contributed by atoms with Crippen molar-refractivity contribution in [1.29, 1.82) is 0 Å². The topological polar surface area (TPSA) is 86.3 Å². The number of pyridine rings is 1. The molecule has 0 aliphatic heterocycles. The van der Waals surface area contributed by atoms with Crippen LogP contribution in [0, 0.1) is 0 Å². The van der Waals surface area contributed by atoms with Crippen molar-refractivity contribution < 1.29 is 0 Å². The number of aromatic nitrogens is 3. The molecule has 0 aliphatic carbocycles. The molecule has 98 valence electrons. The Hall–Kier alpha value is -3.02. The zero-order valence-corrected chi connectivity index (χ0v) is 10.4. The van der Waals surface area contributed by atoms with Crippen molar-refractivity contribution in [2.45, 2.75) is 0 Å². The molecule has 0 amide bonds. The van der Waals surface area contributed by atoms with E-state index in [1.54, 1.807) is 18.3 Å². The molecule has 2 heterocycles. The van der Waals surface area contributed by atoms with Crippen molar-refractivity contribution in [1.82, 2.24) is 15.2 Å². The highest BCUT2D eigenvalue weighted by Crippen LogP contribution is 2.24. The molecule has 0 saturated heterocycles. The molecule has 2 aromatic heterocycles. The van der Waals surface area contributed by atoms with Crippen molar-refractivity contribution in [3.8, 4) is 11.4 Å². The Kier molecular flexibility index (Phi) is 3.20. The fourth-order valence-corrected chi connectivity index (χ4v) is 1.74. The van der Waals surface area contributed by atoms with Crippen molar-refractivity contribution in [3.63, 3.8) is 0 Å². The van der Waals surface area contributed by atoms with Crippen molar-refractivity contribution in [2.75, 3.05) is 0 Å². The third-order valence-corrected chi connectivity index (χ3v) is 2.70. The molecule has 2 N–H and O–H groups in total. The number of aromatic amines is 2. The number of nitrogens with zero attached hydrogens (tertiary/aromatic N) is 3. The number of hydrogen-bond donors (Lipinski definition) is 2. The first-order chi connectivity index (χ1) is 9.84. The first kappa shape index (κ1) is 12.0. The molecule has 0 atom stereocenters. The Morgan fingerprint density at radius 1 is 0.900 bits per heavy atom. The average Bonchev–Trinajstić information content (AvgIpc) is 2.88. The SMILES string of the molecule is O=c1[nH][nH]c(-c2ccccn2)c1N=Nc1ccccc1. The highest BCUT2D eigenvalue weighted by Gasteiger charge is 2.12. The maximum atomic E-state index is 11.8. The molecule has 0 fully saturated rings. The summed E-state index contributed by atoms with van der Waals surface area (Å²) in [6.07, 6.45) is 1.65. The van der Waals surface area contributed by atoms with Crippen molar-refractivity contribution >= 4 is 11.4 Å². The summed E-state index contributed by atoms with van der Waals surface area (Å²) in [4.78, 5) is 16.0. The van der Waals surface area contributed by atoms with Crippen molar-refractivity contribution in [2.24, 2.45) is 10.2 Å². The van der Waals surface area contributed by atoms with Crippen molar-refractivity contribution in [3.05, 3.63) is 65.1 Å². The first-order valence-electron chi connectivity index (χ1n) is 6.03. The summed E-state index contributed by atoms with van der Waals surface area (Å²) in [7, 11) is 0. The van der Waals surface area contributed by atoms with E-state index in [9.17, 15) is 4.79 Å². The summed E-state index contributed by atoms with van der Waals surface area (Å²) in [5.41, 5.74) is 1.72. The third kappa shape index (κ3) is 2.39. The summed E-state index contributed by atoms with van der Waals surface area (Å²) in [5, 5.41) is 13.3. The van der Waals surface area contributed by atoms with Crippen LogP contribution in [-0.2, 0) is 0 Å². The van der Waals surface area contributed by atoms with Crippen LogP contribution >= 0.6 is 0 Å². The molecule has 0 spiro atoms. The lowest BCUT2D eigenvalue weighted by Gasteiger charge is -1.96. The molecule has 3 aromatic rings. The monoisotopic (exact) mass is 265 g/mol. The molecule has 3 rings (SSSR count). The van der Waals surface area contributed by atoms with E-state index in [0.29, 0.717) is 17.1 Å². The van der Waals surface area contributed by atoms with Gasteiger partial charge in [0.05, 0.1) is 11.4 Å². The molecule has 0 radical (unpaired) electrons. The van der Waals surface area contributed by atoms with Crippen LogP contribution < -0.4 is 5.56 Å². The molecule has 6 nitrogen and oxygen atoms in total. The van der Waals surface area contributed by atoms with E-state index >= 15 is 0 Å². The number of azo groups is 1. The molecule has 0 bridgehead atoms. The summed E-state index contributed by atoms with van der Waals surface area (Å²) in [6, 6.07) is 14.7. The lowest BCUT2D eigenvalue weighted by Crippen LogP contribution is -1.96. The standard InChI is InChI=1S/C14H11N5O/c20-14-13(18-16-10-6-2-1-3-7-10)12(17-19-14)11-8-4-5-9-15-11/h1-9H,(H2,17,19,20). The lowest BCUT2D eigenvalue weighted by molar-refractivity contribution is 1.05. The zero-order chi connectivity index (χ0) is 13.8. The van der Waals surface area contributed by atoms with Gasteiger partial charge >= 0.3 is 0 Å². The molecule has 0 aliphatic rings. The predicted octanol–water partition coefficient (Wildman–Crippen LogP) is 3.18. The van der Waals surface area contributed by atoms with Crippen LogP contribution in [0.1, 0.15) is 0 Å². The van der Waals surface area contributed by atoms with Gasteiger partial charge in [-0.15, -0.1) is 5.11 Å². The maximum Gasteiger partial charge on any atom is 0.292 e. The summed E-state index contributed by atoms with van der Waals surface area (Å²) < 4.78 is 0. The van der Waals surface area contributed by atoms with E-state index in [4.69, 9.17) is 0 Å². The van der Waals surface area contributed by atoms with Crippen LogP contribution in [0.3, 0.4) is 0 Å². The second-order valence-corrected chi connectivity index (χ2v) is 4.05. The lowest BCUT2D eigenvalue weighted by atomic mass is 10.2. The van der Waals surface area contributed by atoms with Gasteiger partial charge in [-0.05, 0) is 24.3 Å². The van der Waals surface area contributed by atoms with Gasteiger partial charge in [-0.3, -0.25) is 20.0 Å². The van der Waals surface area contributed by atoms with E-state index in [-0.39, 0.29) is 11.2 Å².